The lowest BCUT2D eigenvalue weighted by Crippen LogP contribution is -2.48. The quantitative estimate of drug-likeness (QED) is 0.629. The van der Waals surface area contributed by atoms with Crippen molar-refractivity contribution < 1.29 is 4.79 Å². The van der Waals surface area contributed by atoms with Gasteiger partial charge in [-0.2, -0.15) is 4.98 Å². The molecule has 0 atom stereocenters. The molecular weight excluding hydrogens is 410 g/mol. The van der Waals surface area contributed by atoms with Gasteiger partial charge in [0.15, 0.2) is 0 Å². The van der Waals surface area contributed by atoms with Crippen LogP contribution < -0.4 is 9.80 Å². The van der Waals surface area contributed by atoms with Crippen molar-refractivity contribution in [3.63, 3.8) is 0 Å². The molecule has 1 saturated heterocycles. The van der Waals surface area contributed by atoms with Gasteiger partial charge in [-0.15, -0.1) is 12.4 Å². The van der Waals surface area contributed by atoms with E-state index in [0.29, 0.717) is 12.4 Å². The third-order valence-electron chi connectivity index (χ3n) is 6.06. The maximum absolute atomic E-state index is 11.9. The number of nitrogens with zero attached hydrogens (tertiary/aromatic N) is 5. The highest BCUT2D eigenvalue weighted by Crippen LogP contribution is 2.31. The number of carbonyl (C=O) groups is 1. The molecule has 2 aliphatic heterocycles. The van der Waals surface area contributed by atoms with Crippen molar-refractivity contribution in [2.75, 3.05) is 43.0 Å². The number of halogens is 1. The van der Waals surface area contributed by atoms with Gasteiger partial charge in [0.1, 0.15) is 5.82 Å². The zero-order chi connectivity index (χ0) is 20.5. The molecule has 0 aliphatic carbocycles. The summed E-state index contributed by atoms with van der Waals surface area (Å²) in [6, 6.07) is 21.6. The summed E-state index contributed by atoms with van der Waals surface area (Å²) in [5.74, 6) is 1.54. The van der Waals surface area contributed by atoms with Gasteiger partial charge >= 0.3 is 0 Å². The number of fused-ring (bicyclic) bond motifs is 1. The van der Waals surface area contributed by atoms with E-state index in [1.54, 1.807) is 11.9 Å². The van der Waals surface area contributed by atoms with E-state index in [4.69, 9.17) is 4.98 Å². The first-order valence-corrected chi connectivity index (χ1v) is 10.4. The third-order valence-corrected chi connectivity index (χ3v) is 6.06. The molecular formula is C24H26ClN5O. The van der Waals surface area contributed by atoms with Gasteiger partial charge in [-0.25, -0.2) is 4.98 Å². The fourth-order valence-electron chi connectivity index (χ4n) is 4.42. The Morgan fingerprint density at radius 2 is 1.45 bits per heavy atom. The summed E-state index contributed by atoms with van der Waals surface area (Å²) < 4.78 is 0. The summed E-state index contributed by atoms with van der Waals surface area (Å²) >= 11 is 0. The molecule has 1 aromatic heterocycles. The number of benzene rings is 2. The van der Waals surface area contributed by atoms with E-state index in [-0.39, 0.29) is 24.4 Å². The molecule has 0 bridgehead atoms. The van der Waals surface area contributed by atoms with Gasteiger partial charge in [0, 0.05) is 45.0 Å². The molecule has 1 amide bonds. The molecule has 0 spiro atoms. The van der Waals surface area contributed by atoms with Crippen molar-refractivity contribution in [3.8, 4) is 0 Å². The Hall–Kier alpha value is -2.96. The Bertz CT molecular complexity index is 999. The second kappa shape index (κ2) is 9.04. The molecule has 0 saturated carbocycles. The van der Waals surface area contributed by atoms with Crippen LogP contribution in [-0.2, 0) is 11.2 Å². The number of aromatic nitrogens is 2. The first-order valence-electron chi connectivity index (χ1n) is 10.4. The number of hydrogen-bond donors (Lipinski definition) is 0. The second-order valence-corrected chi connectivity index (χ2v) is 7.90. The summed E-state index contributed by atoms with van der Waals surface area (Å²) in [5, 5.41) is 0. The minimum absolute atomic E-state index is 0. The van der Waals surface area contributed by atoms with E-state index in [2.05, 4.69) is 75.4 Å². The van der Waals surface area contributed by atoms with Crippen LogP contribution in [0.5, 0.6) is 0 Å². The fourth-order valence-corrected chi connectivity index (χ4v) is 4.42. The minimum Gasteiger partial charge on any atom is -0.338 e. The number of hydrogen-bond acceptors (Lipinski definition) is 5. The second-order valence-electron chi connectivity index (χ2n) is 7.90. The Morgan fingerprint density at radius 1 is 0.871 bits per heavy atom. The summed E-state index contributed by atoms with van der Waals surface area (Å²) in [5.41, 5.74) is 3.54. The standard InChI is InChI=1S/C24H25N5O.ClH/c1-27-21(30)16-20-17-25-24(26-23(20)27)29-14-12-28(13-15-29)22(18-8-4-2-5-9-18)19-10-6-3-7-11-19;/h2-11,17,22H,12-16H2,1H3;1H. The number of carbonyl (C=O) groups excluding carboxylic acids is 1. The number of likely N-dealkylation sites (N-methyl/N-ethyl adjacent to an activating group) is 1. The Balaban J connectivity index is 0.00000231. The SMILES string of the molecule is CN1C(=O)Cc2cnc(N3CCN(C(c4ccccc4)c4ccccc4)CC3)nc21.Cl. The Labute approximate surface area is 188 Å². The van der Waals surface area contributed by atoms with Gasteiger partial charge in [-0.05, 0) is 11.1 Å². The summed E-state index contributed by atoms with van der Waals surface area (Å²) in [6.07, 6.45) is 2.21. The van der Waals surface area contributed by atoms with E-state index in [9.17, 15) is 4.79 Å². The topological polar surface area (TPSA) is 52.6 Å². The van der Waals surface area contributed by atoms with Crippen LogP contribution in [0.1, 0.15) is 22.7 Å². The van der Waals surface area contributed by atoms with Gasteiger partial charge < -0.3 is 4.90 Å². The zero-order valence-electron chi connectivity index (χ0n) is 17.5. The normalized spacial score (nSPS) is 16.4. The van der Waals surface area contributed by atoms with Crippen LogP contribution in [0.3, 0.4) is 0 Å². The van der Waals surface area contributed by atoms with Gasteiger partial charge in [-0.1, -0.05) is 60.7 Å². The summed E-state index contributed by atoms with van der Waals surface area (Å²) in [7, 11) is 1.78. The van der Waals surface area contributed by atoms with Gasteiger partial charge in [0.25, 0.3) is 0 Å². The third kappa shape index (κ3) is 4.13. The number of piperazine rings is 1. The largest absolute Gasteiger partial charge is 0.338 e. The van der Waals surface area contributed by atoms with Crippen LogP contribution in [0.25, 0.3) is 0 Å². The van der Waals surface area contributed by atoms with Crippen LogP contribution in [0.4, 0.5) is 11.8 Å². The molecule has 31 heavy (non-hydrogen) atoms. The van der Waals surface area contributed by atoms with Crippen LogP contribution >= 0.6 is 12.4 Å². The lowest BCUT2D eigenvalue weighted by Gasteiger charge is -2.39. The Morgan fingerprint density at radius 3 is 2.03 bits per heavy atom. The predicted octanol–water partition coefficient (Wildman–Crippen LogP) is 3.33. The summed E-state index contributed by atoms with van der Waals surface area (Å²) in [4.78, 5) is 27.6. The highest BCUT2D eigenvalue weighted by molar-refractivity contribution is 5.99. The minimum atomic E-state index is 0. The maximum atomic E-state index is 11.9. The van der Waals surface area contributed by atoms with Crippen LogP contribution in [-0.4, -0.2) is 54.0 Å². The lowest BCUT2D eigenvalue weighted by molar-refractivity contribution is -0.117. The van der Waals surface area contributed by atoms with Crippen molar-refractivity contribution in [1.82, 2.24) is 14.9 Å². The monoisotopic (exact) mass is 435 g/mol. The van der Waals surface area contributed by atoms with Gasteiger partial charge in [-0.3, -0.25) is 14.6 Å². The predicted molar refractivity (Wildman–Crippen MR) is 125 cm³/mol. The number of anilines is 2. The first-order chi connectivity index (χ1) is 14.7. The average molecular weight is 436 g/mol. The molecule has 6 nitrogen and oxygen atoms in total. The first kappa shape index (κ1) is 21.3. The molecule has 5 rings (SSSR count). The van der Waals surface area contributed by atoms with E-state index in [1.807, 2.05) is 6.20 Å². The highest BCUT2D eigenvalue weighted by atomic mass is 35.5. The van der Waals surface area contributed by atoms with Gasteiger partial charge in [0.05, 0.1) is 12.5 Å². The van der Waals surface area contributed by atoms with E-state index < -0.39 is 0 Å². The molecule has 1 fully saturated rings. The van der Waals surface area contributed by atoms with E-state index in [1.165, 1.54) is 11.1 Å². The van der Waals surface area contributed by atoms with Gasteiger partial charge in [0.2, 0.25) is 11.9 Å². The van der Waals surface area contributed by atoms with Crippen molar-refractivity contribution >= 4 is 30.1 Å². The Kier molecular flexibility index (Phi) is 6.20. The van der Waals surface area contributed by atoms with Crippen molar-refractivity contribution in [3.05, 3.63) is 83.6 Å². The molecule has 0 radical (unpaired) electrons. The molecule has 160 valence electrons. The van der Waals surface area contributed by atoms with E-state index in [0.717, 1.165) is 37.6 Å². The van der Waals surface area contributed by atoms with Crippen molar-refractivity contribution in [2.24, 2.45) is 0 Å². The molecule has 2 aromatic carbocycles. The molecule has 3 heterocycles. The van der Waals surface area contributed by atoms with Crippen molar-refractivity contribution in [2.45, 2.75) is 12.5 Å². The average Bonchev–Trinajstić information content (AvgIpc) is 3.09. The zero-order valence-corrected chi connectivity index (χ0v) is 18.3. The number of rotatable bonds is 4. The maximum Gasteiger partial charge on any atom is 0.232 e. The van der Waals surface area contributed by atoms with E-state index >= 15 is 0 Å². The molecule has 2 aliphatic rings. The molecule has 0 unspecified atom stereocenters. The lowest BCUT2D eigenvalue weighted by atomic mass is 9.96. The van der Waals surface area contributed by atoms with Crippen LogP contribution in [0.15, 0.2) is 66.9 Å². The molecule has 3 aromatic rings. The highest BCUT2D eigenvalue weighted by Gasteiger charge is 2.30. The van der Waals surface area contributed by atoms with Crippen LogP contribution in [0.2, 0.25) is 0 Å². The van der Waals surface area contributed by atoms with Crippen molar-refractivity contribution in [1.29, 1.82) is 0 Å². The molecule has 7 heteroatoms. The van der Waals surface area contributed by atoms with Crippen LogP contribution in [0, 0.1) is 0 Å². The molecule has 0 N–H and O–H groups in total. The fraction of sp³-hybridized carbons (Fsp3) is 0.292. The number of amides is 1. The summed E-state index contributed by atoms with van der Waals surface area (Å²) in [6.45, 7) is 3.55. The smallest absolute Gasteiger partial charge is 0.232 e.